The van der Waals surface area contributed by atoms with Gasteiger partial charge in [0.2, 0.25) is 0 Å². The van der Waals surface area contributed by atoms with Crippen LogP contribution >= 0.6 is 11.3 Å². The lowest BCUT2D eigenvalue weighted by Crippen LogP contribution is -2.16. The van der Waals surface area contributed by atoms with E-state index in [9.17, 15) is 4.79 Å². The van der Waals surface area contributed by atoms with Gasteiger partial charge < -0.3 is 16.2 Å². The number of hydrogen-bond donors (Lipinski definition) is 3. The second-order valence-corrected chi connectivity index (χ2v) is 5.35. The summed E-state index contributed by atoms with van der Waals surface area (Å²) in [5.74, 6) is -0.979. The number of nitrogens with one attached hydrogen (secondary N) is 1. The van der Waals surface area contributed by atoms with Crippen LogP contribution in [0.2, 0.25) is 0 Å². The van der Waals surface area contributed by atoms with E-state index in [1.54, 1.807) is 0 Å². The van der Waals surface area contributed by atoms with E-state index in [0.29, 0.717) is 5.69 Å². The molecule has 6 heteroatoms. The zero-order valence-electron chi connectivity index (χ0n) is 9.69. The summed E-state index contributed by atoms with van der Waals surface area (Å²) < 4.78 is 0. The van der Waals surface area contributed by atoms with Crippen LogP contribution in [0.15, 0.2) is 6.07 Å². The van der Waals surface area contributed by atoms with E-state index in [-0.39, 0.29) is 4.88 Å². The van der Waals surface area contributed by atoms with E-state index in [4.69, 9.17) is 10.8 Å². The highest BCUT2D eigenvalue weighted by molar-refractivity contribution is 7.21. The topological polar surface area (TPSA) is 88.2 Å². The summed E-state index contributed by atoms with van der Waals surface area (Å²) in [6, 6.07) is 2.00. The van der Waals surface area contributed by atoms with Crippen molar-refractivity contribution in [1.29, 1.82) is 0 Å². The number of carbonyl (C=O) groups is 1. The van der Waals surface area contributed by atoms with Crippen LogP contribution in [0.25, 0.3) is 10.2 Å². The second-order valence-electron chi connectivity index (χ2n) is 4.35. The van der Waals surface area contributed by atoms with Crippen molar-refractivity contribution in [1.82, 2.24) is 10.3 Å². The van der Waals surface area contributed by atoms with Gasteiger partial charge >= 0.3 is 5.97 Å². The maximum Gasteiger partial charge on any atom is 0.348 e. The molecule has 94 valence electrons. The van der Waals surface area contributed by atoms with E-state index >= 15 is 0 Å². The number of aromatic nitrogens is 1. The molecule has 0 saturated carbocycles. The summed E-state index contributed by atoms with van der Waals surface area (Å²) in [6.07, 6.45) is 1.79. The normalized spacial score (nSPS) is 15.3. The van der Waals surface area contributed by atoms with Crippen LogP contribution in [0.3, 0.4) is 0 Å². The van der Waals surface area contributed by atoms with Crippen molar-refractivity contribution in [2.45, 2.75) is 12.8 Å². The highest BCUT2D eigenvalue weighted by Gasteiger charge is 2.19. The van der Waals surface area contributed by atoms with Gasteiger partial charge in [0.25, 0.3) is 0 Å². The Morgan fingerprint density at radius 3 is 3.00 bits per heavy atom. The maximum atomic E-state index is 11.1. The number of nitrogens with two attached hydrogens (primary N) is 1. The molecule has 0 atom stereocenters. The monoisotopic (exact) mass is 263 g/mol. The summed E-state index contributed by atoms with van der Waals surface area (Å²) in [5.41, 5.74) is 8.46. The number of nitrogen functional groups attached to an aromatic ring is 1. The zero-order chi connectivity index (χ0) is 12.7. The first-order valence-corrected chi connectivity index (χ1v) is 6.63. The number of carboxylic acids is 1. The van der Waals surface area contributed by atoms with Crippen molar-refractivity contribution in [3.05, 3.63) is 22.2 Å². The summed E-state index contributed by atoms with van der Waals surface area (Å²) in [4.78, 5) is 16.6. The quantitative estimate of drug-likeness (QED) is 0.721. The number of fused-ring (bicyclic) bond motifs is 2. The largest absolute Gasteiger partial charge is 0.477 e. The van der Waals surface area contributed by atoms with Crippen LogP contribution in [0, 0.1) is 0 Å². The van der Waals surface area contributed by atoms with Gasteiger partial charge in [-0.25, -0.2) is 9.78 Å². The van der Waals surface area contributed by atoms with E-state index in [1.165, 1.54) is 5.56 Å². The molecule has 0 bridgehead atoms. The summed E-state index contributed by atoms with van der Waals surface area (Å²) >= 11 is 1.16. The summed E-state index contributed by atoms with van der Waals surface area (Å²) in [7, 11) is 0. The number of anilines is 1. The van der Waals surface area contributed by atoms with Gasteiger partial charge in [0.05, 0.1) is 5.69 Å². The molecule has 0 fully saturated rings. The predicted octanol–water partition coefficient (Wildman–Crippen LogP) is 1.26. The van der Waals surface area contributed by atoms with E-state index in [0.717, 1.165) is 53.2 Å². The fourth-order valence-electron chi connectivity index (χ4n) is 2.27. The lowest BCUT2D eigenvalue weighted by atomic mass is 10.1. The third-order valence-corrected chi connectivity index (χ3v) is 4.30. The fourth-order valence-corrected chi connectivity index (χ4v) is 3.20. The molecule has 0 radical (unpaired) electrons. The molecule has 18 heavy (non-hydrogen) atoms. The highest BCUT2D eigenvalue weighted by atomic mass is 32.1. The Balaban J connectivity index is 2.22. The first-order chi connectivity index (χ1) is 8.66. The lowest BCUT2D eigenvalue weighted by Gasteiger charge is -2.04. The molecule has 0 aromatic carbocycles. The Morgan fingerprint density at radius 1 is 1.44 bits per heavy atom. The van der Waals surface area contributed by atoms with E-state index in [1.807, 2.05) is 6.07 Å². The molecule has 0 saturated heterocycles. The molecular weight excluding hydrogens is 250 g/mol. The average molecular weight is 263 g/mol. The van der Waals surface area contributed by atoms with Gasteiger partial charge in [-0.2, -0.15) is 0 Å². The van der Waals surface area contributed by atoms with Crippen molar-refractivity contribution in [2.24, 2.45) is 0 Å². The number of pyridine rings is 1. The zero-order valence-corrected chi connectivity index (χ0v) is 10.5. The molecule has 4 N–H and O–H groups in total. The van der Waals surface area contributed by atoms with Gasteiger partial charge in [0, 0.05) is 24.0 Å². The Kier molecular flexibility index (Phi) is 2.68. The Hall–Kier alpha value is -1.66. The van der Waals surface area contributed by atoms with Gasteiger partial charge in [-0.1, -0.05) is 0 Å². The first-order valence-electron chi connectivity index (χ1n) is 5.81. The van der Waals surface area contributed by atoms with Gasteiger partial charge in [-0.15, -0.1) is 11.3 Å². The van der Waals surface area contributed by atoms with E-state index in [2.05, 4.69) is 10.3 Å². The molecule has 0 amide bonds. The minimum absolute atomic E-state index is 0.191. The Labute approximate surface area is 108 Å². The molecule has 3 heterocycles. The number of nitrogens with zero attached hydrogens (tertiary/aromatic N) is 1. The van der Waals surface area contributed by atoms with Crippen molar-refractivity contribution in [3.8, 4) is 0 Å². The van der Waals surface area contributed by atoms with Crippen LogP contribution < -0.4 is 11.1 Å². The van der Waals surface area contributed by atoms with Gasteiger partial charge in [0.15, 0.2) is 0 Å². The molecule has 5 nitrogen and oxygen atoms in total. The minimum Gasteiger partial charge on any atom is -0.477 e. The number of carboxylic acid groups (broad SMARTS) is 1. The number of thiophene rings is 1. The van der Waals surface area contributed by atoms with Gasteiger partial charge in [-0.05, 0) is 24.6 Å². The van der Waals surface area contributed by atoms with Crippen LogP contribution in [0.4, 0.5) is 5.69 Å². The molecule has 1 aliphatic heterocycles. The Bertz CT molecular complexity index is 636. The molecule has 3 rings (SSSR count). The maximum absolute atomic E-state index is 11.1. The smallest absolute Gasteiger partial charge is 0.348 e. The molecule has 0 unspecified atom stereocenters. The number of hydrogen-bond acceptors (Lipinski definition) is 5. The van der Waals surface area contributed by atoms with Crippen LogP contribution in [-0.4, -0.2) is 29.1 Å². The average Bonchev–Trinajstić information content (AvgIpc) is 2.53. The number of aromatic carboxylic acids is 1. The lowest BCUT2D eigenvalue weighted by molar-refractivity contribution is 0.0703. The predicted molar refractivity (Wildman–Crippen MR) is 71.3 cm³/mol. The third-order valence-electron chi connectivity index (χ3n) is 3.19. The Morgan fingerprint density at radius 2 is 2.22 bits per heavy atom. The molecule has 0 aliphatic carbocycles. The van der Waals surface area contributed by atoms with Crippen LogP contribution in [-0.2, 0) is 12.8 Å². The van der Waals surface area contributed by atoms with Crippen molar-refractivity contribution < 1.29 is 9.90 Å². The third kappa shape index (κ3) is 1.74. The summed E-state index contributed by atoms with van der Waals surface area (Å²) in [6.45, 7) is 1.84. The van der Waals surface area contributed by atoms with Crippen LogP contribution in [0.5, 0.6) is 0 Å². The molecule has 2 aromatic heterocycles. The molecular formula is C12H13N3O2S. The van der Waals surface area contributed by atoms with E-state index < -0.39 is 5.97 Å². The second kappa shape index (κ2) is 4.22. The van der Waals surface area contributed by atoms with Crippen molar-refractivity contribution >= 4 is 33.2 Å². The van der Waals surface area contributed by atoms with Gasteiger partial charge in [-0.3, -0.25) is 0 Å². The number of rotatable bonds is 1. The standard InChI is InChI=1S/C12H13N3O2S/c13-9-7-5-6-1-3-14-4-2-8(6)15-11(7)18-10(9)12(16)17/h5,14H,1-4,13H2,(H,16,17). The van der Waals surface area contributed by atoms with Gasteiger partial charge in [0.1, 0.15) is 9.71 Å². The highest BCUT2D eigenvalue weighted by Crippen LogP contribution is 2.34. The fraction of sp³-hybridized carbons (Fsp3) is 0.333. The summed E-state index contributed by atoms with van der Waals surface area (Å²) in [5, 5.41) is 13.2. The van der Waals surface area contributed by atoms with Crippen molar-refractivity contribution in [3.63, 3.8) is 0 Å². The van der Waals surface area contributed by atoms with Crippen LogP contribution in [0.1, 0.15) is 20.9 Å². The minimum atomic E-state index is -0.979. The molecule has 0 spiro atoms. The first kappa shape index (κ1) is 11.4. The SMILES string of the molecule is Nc1c(C(=O)O)sc2nc3c(cc12)CCNCC3. The molecule has 1 aliphatic rings. The molecule has 2 aromatic rings. The van der Waals surface area contributed by atoms with Crippen molar-refractivity contribution in [2.75, 3.05) is 18.8 Å².